The molecule has 1 heterocycles. The van der Waals surface area contributed by atoms with Gasteiger partial charge in [0.05, 0.1) is 12.0 Å². The van der Waals surface area contributed by atoms with Gasteiger partial charge in [0.15, 0.2) is 0 Å². The van der Waals surface area contributed by atoms with Crippen molar-refractivity contribution in [2.45, 2.75) is 12.8 Å². The first-order valence-electron chi connectivity index (χ1n) is 4.15. The molecule has 3 N–H and O–H groups in total. The number of hydrogen-bond acceptors (Lipinski definition) is 4. The summed E-state index contributed by atoms with van der Waals surface area (Å²) in [6, 6.07) is -0.207. The van der Waals surface area contributed by atoms with Gasteiger partial charge in [-0.3, -0.25) is 5.41 Å². The summed E-state index contributed by atoms with van der Waals surface area (Å²) in [6.07, 6.45) is 2.64. The van der Waals surface area contributed by atoms with Crippen molar-refractivity contribution in [1.29, 1.82) is 5.41 Å². The minimum absolute atomic E-state index is 0. The maximum atomic E-state index is 6.80. The van der Waals surface area contributed by atoms with Crippen LogP contribution in [-0.4, -0.2) is 36.3 Å². The van der Waals surface area contributed by atoms with Crippen LogP contribution in [0.25, 0.3) is 0 Å². The summed E-state index contributed by atoms with van der Waals surface area (Å²) < 4.78 is 4.75. The van der Waals surface area contributed by atoms with Crippen LogP contribution < -0.4 is 5.73 Å². The van der Waals surface area contributed by atoms with E-state index in [1.807, 2.05) is 0 Å². The molecular weight excluding hydrogens is 245 g/mol. The zero-order chi connectivity index (χ0) is 8.81. The van der Waals surface area contributed by atoms with E-state index in [1.54, 1.807) is 0 Å². The highest BCUT2D eigenvalue weighted by molar-refractivity contribution is 7.95. The summed E-state index contributed by atoms with van der Waals surface area (Å²) in [6.45, 7) is 3.46. The first-order valence-corrected chi connectivity index (χ1v) is 5.06. The van der Waals surface area contributed by atoms with Gasteiger partial charge in [-0.15, -0.1) is 24.8 Å². The van der Waals surface area contributed by atoms with Gasteiger partial charge < -0.3 is 14.8 Å². The molecule has 0 amide bonds. The molecule has 4 nitrogen and oxygen atoms in total. The summed E-state index contributed by atoms with van der Waals surface area (Å²) in [5.41, 5.74) is 5.01. The van der Waals surface area contributed by atoms with Crippen LogP contribution in [0.3, 0.4) is 0 Å². The van der Waals surface area contributed by atoms with E-state index in [9.17, 15) is 0 Å². The van der Waals surface area contributed by atoms with Crippen LogP contribution >= 0.6 is 36.9 Å². The Bertz CT molecular complexity index is 156. The molecule has 0 aromatic heterocycles. The first-order chi connectivity index (χ1) is 5.79. The molecule has 0 saturated carbocycles. The average molecular weight is 262 g/mol. The molecule has 0 aromatic rings. The summed E-state index contributed by atoms with van der Waals surface area (Å²) in [5.74, 6) is 0.888. The normalized spacial score (nSPS) is 15.4. The first kappa shape index (κ1) is 16.6. The lowest BCUT2D eigenvalue weighted by Crippen LogP contribution is -2.22. The maximum absolute atomic E-state index is 6.80. The lowest BCUT2D eigenvalue weighted by Gasteiger charge is -2.12. The molecule has 1 aliphatic heterocycles. The summed E-state index contributed by atoms with van der Waals surface area (Å²) in [4.78, 5) is 2.40. The SMILES string of the molecule is Cl.Cl.N=C(N)OSCCN1CCCC1. The van der Waals surface area contributed by atoms with Gasteiger partial charge >= 0.3 is 0 Å². The Morgan fingerprint density at radius 3 is 2.43 bits per heavy atom. The van der Waals surface area contributed by atoms with Crippen molar-refractivity contribution >= 4 is 42.9 Å². The lowest BCUT2D eigenvalue weighted by atomic mass is 10.4. The van der Waals surface area contributed by atoms with E-state index in [0.717, 1.165) is 12.3 Å². The second-order valence-electron chi connectivity index (χ2n) is 2.82. The monoisotopic (exact) mass is 261 g/mol. The number of amidine groups is 1. The predicted octanol–water partition coefficient (Wildman–Crippen LogP) is 1.48. The molecule has 14 heavy (non-hydrogen) atoms. The van der Waals surface area contributed by atoms with Crippen molar-refractivity contribution < 1.29 is 4.18 Å². The molecular formula is C7H17Cl2N3OS. The third kappa shape index (κ3) is 7.55. The molecule has 0 bridgehead atoms. The number of likely N-dealkylation sites (tertiary alicyclic amines) is 1. The molecule has 7 heteroatoms. The van der Waals surface area contributed by atoms with Gasteiger partial charge in [-0.25, -0.2) is 0 Å². The third-order valence-electron chi connectivity index (χ3n) is 1.84. The average Bonchev–Trinajstić information content (AvgIpc) is 2.49. The molecule has 0 aliphatic carbocycles. The number of nitrogens with zero attached hydrogens (tertiary/aromatic N) is 1. The largest absolute Gasteiger partial charge is 0.391 e. The van der Waals surface area contributed by atoms with Crippen LogP contribution in [-0.2, 0) is 4.18 Å². The molecule has 0 atom stereocenters. The molecule has 0 spiro atoms. The van der Waals surface area contributed by atoms with E-state index in [1.165, 1.54) is 38.0 Å². The lowest BCUT2D eigenvalue weighted by molar-refractivity contribution is 0.360. The number of halogens is 2. The quantitative estimate of drug-likeness (QED) is 0.349. The number of nitrogens with two attached hydrogens (primary N) is 1. The zero-order valence-corrected chi connectivity index (χ0v) is 10.3. The van der Waals surface area contributed by atoms with Crippen LogP contribution in [0, 0.1) is 5.41 Å². The van der Waals surface area contributed by atoms with Crippen molar-refractivity contribution in [3.05, 3.63) is 0 Å². The van der Waals surface area contributed by atoms with Crippen LogP contribution in [0.2, 0.25) is 0 Å². The Kier molecular flexibility index (Phi) is 11.5. The van der Waals surface area contributed by atoms with Crippen molar-refractivity contribution in [2.24, 2.45) is 5.73 Å². The van der Waals surface area contributed by atoms with Crippen molar-refractivity contribution in [3.8, 4) is 0 Å². The molecule has 86 valence electrons. The fourth-order valence-electron chi connectivity index (χ4n) is 1.28. The topological polar surface area (TPSA) is 62.3 Å². The van der Waals surface area contributed by atoms with Crippen LogP contribution in [0.4, 0.5) is 0 Å². The van der Waals surface area contributed by atoms with Crippen molar-refractivity contribution in [2.75, 3.05) is 25.4 Å². The second-order valence-corrected chi connectivity index (χ2v) is 3.63. The Balaban J connectivity index is 0. The summed E-state index contributed by atoms with van der Waals surface area (Å²) in [5, 5.41) is 6.80. The van der Waals surface area contributed by atoms with Crippen molar-refractivity contribution in [1.82, 2.24) is 4.90 Å². The van der Waals surface area contributed by atoms with E-state index in [4.69, 9.17) is 15.3 Å². The molecule has 0 unspecified atom stereocenters. The van der Waals surface area contributed by atoms with Gasteiger partial charge in [-0.05, 0) is 25.9 Å². The number of rotatable bonds is 4. The maximum Gasteiger partial charge on any atom is 0.291 e. The number of hydrogen-bond donors (Lipinski definition) is 2. The van der Waals surface area contributed by atoms with Gasteiger partial charge in [0.25, 0.3) is 6.02 Å². The van der Waals surface area contributed by atoms with Gasteiger partial charge in [0.2, 0.25) is 0 Å². The van der Waals surface area contributed by atoms with Gasteiger partial charge in [-0.2, -0.15) is 0 Å². The van der Waals surface area contributed by atoms with Crippen LogP contribution in [0.15, 0.2) is 0 Å². The zero-order valence-electron chi connectivity index (χ0n) is 7.90. The smallest absolute Gasteiger partial charge is 0.291 e. The summed E-state index contributed by atoms with van der Waals surface area (Å²) in [7, 11) is 0. The third-order valence-corrected chi connectivity index (χ3v) is 2.48. The minimum atomic E-state index is -0.207. The molecule has 0 aromatic carbocycles. The Labute approximate surface area is 101 Å². The minimum Gasteiger partial charge on any atom is -0.391 e. The molecule has 1 aliphatic rings. The Morgan fingerprint density at radius 2 is 1.93 bits per heavy atom. The van der Waals surface area contributed by atoms with Crippen LogP contribution in [0.5, 0.6) is 0 Å². The van der Waals surface area contributed by atoms with E-state index < -0.39 is 0 Å². The number of nitrogens with one attached hydrogen (secondary N) is 1. The molecule has 1 fully saturated rings. The highest BCUT2D eigenvalue weighted by atomic mass is 35.5. The Morgan fingerprint density at radius 1 is 1.36 bits per heavy atom. The van der Waals surface area contributed by atoms with Crippen LogP contribution in [0.1, 0.15) is 12.8 Å². The molecule has 1 rings (SSSR count). The standard InChI is InChI=1S/C7H15N3OS.2ClH/c8-7(9)11-12-6-5-10-3-1-2-4-10;;/h1-6H2,(H3,8,9);2*1H. The van der Waals surface area contributed by atoms with Gasteiger partial charge in [0.1, 0.15) is 0 Å². The molecule has 1 saturated heterocycles. The summed E-state index contributed by atoms with van der Waals surface area (Å²) >= 11 is 1.26. The fraction of sp³-hybridized carbons (Fsp3) is 0.857. The van der Waals surface area contributed by atoms with E-state index in [-0.39, 0.29) is 30.8 Å². The second kappa shape index (κ2) is 9.71. The van der Waals surface area contributed by atoms with Crippen molar-refractivity contribution in [3.63, 3.8) is 0 Å². The molecule has 0 radical (unpaired) electrons. The highest BCUT2D eigenvalue weighted by Crippen LogP contribution is 2.09. The fourth-order valence-corrected chi connectivity index (χ4v) is 1.82. The Hall–Kier alpha value is 0.160. The van der Waals surface area contributed by atoms with E-state index in [0.29, 0.717) is 0 Å². The van der Waals surface area contributed by atoms with Gasteiger partial charge in [0, 0.05) is 12.3 Å². The predicted molar refractivity (Wildman–Crippen MR) is 65.6 cm³/mol. The van der Waals surface area contributed by atoms with Gasteiger partial charge in [-0.1, -0.05) is 0 Å². The van der Waals surface area contributed by atoms with E-state index in [2.05, 4.69) is 4.90 Å². The highest BCUT2D eigenvalue weighted by Gasteiger charge is 2.10. The van der Waals surface area contributed by atoms with E-state index >= 15 is 0 Å².